The lowest BCUT2D eigenvalue weighted by atomic mass is 10.2. The Kier molecular flexibility index (Phi) is 4.67. The molecule has 0 bridgehead atoms. The summed E-state index contributed by atoms with van der Waals surface area (Å²) in [5.41, 5.74) is 1.84. The fourth-order valence-electron chi connectivity index (χ4n) is 2.40. The number of para-hydroxylation sites is 1. The van der Waals surface area contributed by atoms with Gasteiger partial charge in [0.25, 0.3) is 11.8 Å². The monoisotopic (exact) mass is 424 g/mol. The molecule has 2 aromatic rings. The van der Waals surface area contributed by atoms with E-state index in [9.17, 15) is 9.59 Å². The molecule has 0 unspecified atom stereocenters. The number of imide groups is 1. The van der Waals surface area contributed by atoms with Crippen molar-refractivity contribution in [2.24, 2.45) is 0 Å². The Labute approximate surface area is 157 Å². The van der Waals surface area contributed by atoms with Crippen molar-refractivity contribution in [2.45, 2.75) is 6.92 Å². The minimum absolute atomic E-state index is 0.0444. The van der Waals surface area contributed by atoms with E-state index in [1.165, 1.54) is 0 Å². The second-order valence-corrected chi connectivity index (χ2v) is 6.84. The zero-order chi connectivity index (χ0) is 17.4. The number of rotatable bonds is 3. The van der Waals surface area contributed by atoms with Gasteiger partial charge in [-0.15, -0.1) is 0 Å². The molecule has 24 heavy (non-hydrogen) atoms. The van der Waals surface area contributed by atoms with Gasteiger partial charge in [0.1, 0.15) is 10.7 Å². The molecule has 0 saturated heterocycles. The Morgan fingerprint density at radius 1 is 1.04 bits per heavy atom. The highest BCUT2D eigenvalue weighted by molar-refractivity contribution is 9.10. The van der Waals surface area contributed by atoms with Crippen LogP contribution in [0.25, 0.3) is 0 Å². The Morgan fingerprint density at radius 3 is 2.42 bits per heavy atom. The van der Waals surface area contributed by atoms with Crippen molar-refractivity contribution >= 4 is 62.3 Å². The molecule has 1 aliphatic heterocycles. The zero-order valence-electron chi connectivity index (χ0n) is 12.4. The maximum Gasteiger partial charge on any atom is 0.283 e. The Balaban J connectivity index is 1.97. The first-order valence-electron chi connectivity index (χ1n) is 6.96. The minimum atomic E-state index is -0.568. The zero-order valence-corrected chi connectivity index (χ0v) is 15.5. The lowest BCUT2D eigenvalue weighted by Crippen LogP contribution is -2.32. The number of hydrogen-bond acceptors (Lipinski definition) is 3. The summed E-state index contributed by atoms with van der Waals surface area (Å²) in [6.45, 7) is 1.77. The summed E-state index contributed by atoms with van der Waals surface area (Å²) in [5, 5.41) is 3.31. The van der Waals surface area contributed by atoms with E-state index in [4.69, 9.17) is 23.2 Å². The van der Waals surface area contributed by atoms with Gasteiger partial charge in [0.2, 0.25) is 0 Å². The minimum Gasteiger partial charge on any atom is -0.349 e. The van der Waals surface area contributed by atoms with Crippen molar-refractivity contribution in [3.05, 3.63) is 68.3 Å². The van der Waals surface area contributed by atoms with E-state index in [0.29, 0.717) is 22.0 Å². The molecule has 2 amide bonds. The largest absolute Gasteiger partial charge is 0.349 e. The highest BCUT2D eigenvalue weighted by Gasteiger charge is 2.39. The van der Waals surface area contributed by atoms with Gasteiger partial charge in [0, 0.05) is 9.50 Å². The molecular formula is C17H11BrCl2N2O2. The van der Waals surface area contributed by atoms with Gasteiger partial charge in [-0.2, -0.15) is 0 Å². The molecule has 122 valence electrons. The van der Waals surface area contributed by atoms with Crippen LogP contribution in [0.1, 0.15) is 5.56 Å². The normalized spacial score (nSPS) is 14.6. The predicted molar refractivity (Wildman–Crippen MR) is 99.3 cm³/mol. The molecule has 0 fully saturated rings. The molecule has 0 aromatic heterocycles. The highest BCUT2D eigenvalue weighted by atomic mass is 79.9. The molecule has 1 N–H and O–H groups in total. The maximum absolute atomic E-state index is 12.7. The first-order valence-corrected chi connectivity index (χ1v) is 8.51. The van der Waals surface area contributed by atoms with Crippen LogP contribution < -0.4 is 10.2 Å². The number of hydrogen-bond donors (Lipinski definition) is 1. The van der Waals surface area contributed by atoms with Gasteiger partial charge in [-0.25, -0.2) is 4.90 Å². The number of carbonyl (C=O) groups is 2. The number of nitrogens with one attached hydrogen (secondary N) is 1. The Hall–Kier alpha value is -1.82. The number of amides is 2. The van der Waals surface area contributed by atoms with Crippen LogP contribution in [0.15, 0.2) is 57.7 Å². The van der Waals surface area contributed by atoms with Crippen LogP contribution in [0.3, 0.4) is 0 Å². The SMILES string of the molecule is Cc1cc(Cl)ccc1N1C(=O)C(Cl)=C(Nc2ccccc2Br)C1=O. The van der Waals surface area contributed by atoms with Crippen molar-refractivity contribution in [2.75, 3.05) is 10.2 Å². The van der Waals surface area contributed by atoms with Crippen LogP contribution in [-0.4, -0.2) is 11.8 Å². The van der Waals surface area contributed by atoms with Crippen molar-refractivity contribution in [3.63, 3.8) is 0 Å². The lowest BCUT2D eigenvalue weighted by Gasteiger charge is -2.17. The molecule has 0 saturated carbocycles. The molecule has 2 aromatic carbocycles. The third-order valence-corrected chi connectivity index (χ3v) is 4.84. The highest BCUT2D eigenvalue weighted by Crippen LogP contribution is 2.34. The predicted octanol–water partition coefficient (Wildman–Crippen LogP) is 4.85. The molecular weight excluding hydrogens is 415 g/mol. The van der Waals surface area contributed by atoms with Gasteiger partial charge in [0.15, 0.2) is 0 Å². The van der Waals surface area contributed by atoms with Gasteiger partial charge >= 0.3 is 0 Å². The number of nitrogens with zero attached hydrogens (tertiary/aromatic N) is 1. The molecule has 4 nitrogen and oxygen atoms in total. The third-order valence-electron chi connectivity index (χ3n) is 3.56. The molecule has 0 radical (unpaired) electrons. The summed E-state index contributed by atoms with van der Waals surface area (Å²) < 4.78 is 0.753. The average Bonchev–Trinajstić information content (AvgIpc) is 2.74. The van der Waals surface area contributed by atoms with Crippen LogP contribution in [0.2, 0.25) is 5.02 Å². The van der Waals surface area contributed by atoms with E-state index < -0.39 is 11.8 Å². The third kappa shape index (κ3) is 2.95. The van der Waals surface area contributed by atoms with Gasteiger partial charge in [-0.05, 0) is 58.7 Å². The number of benzene rings is 2. The topological polar surface area (TPSA) is 49.4 Å². The lowest BCUT2D eigenvalue weighted by molar-refractivity contribution is -0.120. The standard InChI is InChI=1S/C17H11BrCl2N2O2/c1-9-8-10(19)6-7-13(9)22-16(23)14(20)15(17(22)24)21-12-5-3-2-4-11(12)18/h2-8,21H,1H3. The molecule has 7 heteroatoms. The first-order chi connectivity index (χ1) is 11.4. The fourth-order valence-corrected chi connectivity index (χ4v) is 3.22. The molecule has 0 aliphatic carbocycles. The fraction of sp³-hybridized carbons (Fsp3) is 0.0588. The summed E-state index contributed by atoms with van der Waals surface area (Å²) in [5.74, 6) is -1.08. The number of anilines is 2. The van der Waals surface area contributed by atoms with E-state index in [0.717, 1.165) is 9.37 Å². The Bertz CT molecular complexity index is 896. The summed E-state index contributed by atoms with van der Waals surface area (Å²) in [4.78, 5) is 26.2. The summed E-state index contributed by atoms with van der Waals surface area (Å²) in [6, 6.07) is 12.2. The van der Waals surface area contributed by atoms with Crippen molar-refractivity contribution in [1.82, 2.24) is 0 Å². The maximum atomic E-state index is 12.7. The summed E-state index contributed by atoms with van der Waals surface area (Å²) >= 11 is 15.4. The second-order valence-electron chi connectivity index (χ2n) is 5.17. The van der Waals surface area contributed by atoms with Gasteiger partial charge in [-0.1, -0.05) is 35.3 Å². The number of halogens is 3. The smallest absolute Gasteiger partial charge is 0.283 e. The van der Waals surface area contributed by atoms with Crippen LogP contribution in [0, 0.1) is 6.92 Å². The average molecular weight is 426 g/mol. The molecule has 0 spiro atoms. The summed E-state index contributed by atoms with van der Waals surface area (Å²) in [7, 11) is 0. The van der Waals surface area contributed by atoms with E-state index in [1.54, 1.807) is 31.2 Å². The van der Waals surface area contributed by atoms with Gasteiger partial charge in [-0.3, -0.25) is 9.59 Å². The second kappa shape index (κ2) is 6.59. The van der Waals surface area contributed by atoms with Crippen LogP contribution in [0.5, 0.6) is 0 Å². The van der Waals surface area contributed by atoms with E-state index in [2.05, 4.69) is 21.2 Å². The quantitative estimate of drug-likeness (QED) is 0.715. The summed E-state index contributed by atoms with van der Waals surface area (Å²) in [6.07, 6.45) is 0. The van der Waals surface area contributed by atoms with Gasteiger partial charge in [0.05, 0.1) is 11.4 Å². The molecule has 0 atom stereocenters. The van der Waals surface area contributed by atoms with E-state index in [1.807, 2.05) is 18.2 Å². The number of carbonyl (C=O) groups excluding carboxylic acids is 2. The molecule has 3 rings (SSSR count). The number of aryl methyl sites for hydroxylation is 1. The first kappa shape index (κ1) is 17.0. The van der Waals surface area contributed by atoms with Crippen molar-refractivity contribution < 1.29 is 9.59 Å². The molecule has 1 heterocycles. The van der Waals surface area contributed by atoms with Crippen molar-refractivity contribution in [3.8, 4) is 0 Å². The Morgan fingerprint density at radius 2 is 1.75 bits per heavy atom. The van der Waals surface area contributed by atoms with Crippen molar-refractivity contribution in [1.29, 1.82) is 0 Å². The van der Waals surface area contributed by atoms with Crippen LogP contribution >= 0.6 is 39.1 Å². The van der Waals surface area contributed by atoms with Crippen LogP contribution in [0.4, 0.5) is 11.4 Å². The molecule has 1 aliphatic rings. The van der Waals surface area contributed by atoms with E-state index >= 15 is 0 Å². The van der Waals surface area contributed by atoms with Crippen LogP contribution in [-0.2, 0) is 9.59 Å². The van der Waals surface area contributed by atoms with Gasteiger partial charge < -0.3 is 5.32 Å². The van der Waals surface area contributed by atoms with E-state index in [-0.39, 0.29) is 10.7 Å².